The summed E-state index contributed by atoms with van der Waals surface area (Å²) in [5.74, 6) is 0.176. The van der Waals surface area contributed by atoms with Crippen LogP contribution in [0.5, 0.6) is 5.88 Å². The van der Waals surface area contributed by atoms with E-state index in [1.165, 1.54) is 0 Å². The minimum Gasteiger partial charge on any atom is -0.470 e. The van der Waals surface area contributed by atoms with Gasteiger partial charge in [0.15, 0.2) is 0 Å². The Hall–Kier alpha value is -2.69. The third-order valence-corrected chi connectivity index (χ3v) is 2.89. The van der Waals surface area contributed by atoms with Gasteiger partial charge in [-0.3, -0.25) is 9.79 Å². The van der Waals surface area contributed by atoms with Crippen LogP contribution in [-0.4, -0.2) is 23.7 Å². The van der Waals surface area contributed by atoms with E-state index in [1.54, 1.807) is 18.3 Å². The number of fused-ring (bicyclic) bond motifs is 1. The Morgan fingerprint density at radius 1 is 1.20 bits per heavy atom. The molecular formula is C15H13N3O2. The van der Waals surface area contributed by atoms with E-state index >= 15 is 0 Å². The maximum atomic E-state index is 12.0. The molecule has 2 heterocycles. The number of aliphatic imine (C=N–C) groups is 1. The van der Waals surface area contributed by atoms with Crippen LogP contribution in [-0.2, 0) is 6.54 Å². The lowest BCUT2D eigenvalue weighted by atomic mass is 10.2. The summed E-state index contributed by atoms with van der Waals surface area (Å²) >= 11 is 0. The number of hydrogen-bond acceptors (Lipinski definition) is 4. The molecule has 20 heavy (non-hydrogen) atoms. The van der Waals surface area contributed by atoms with Crippen LogP contribution >= 0.6 is 0 Å². The van der Waals surface area contributed by atoms with Gasteiger partial charge < -0.3 is 10.1 Å². The molecule has 3 rings (SSSR count). The molecule has 0 saturated carbocycles. The summed E-state index contributed by atoms with van der Waals surface area (Å²) < 4.78 is 5.34. The fourth-order valence-electron chi connectivity index (χ4n) is 1.88. The Labute approximate surface area is 116 Å². The Bertz CT molecular complexity index is 653. The van der Waals surface area contributed by atoms with E-state index in [1.807, 2.05) is 30.3 Å². The standard InChI is InChI=1S/C15H13N3O2/c19-14(17-10-11-4-2-1-3-5-11)12-6-7-13-15(18-12)20-9-8-16-13/h1-8H,9-10H2,(H,17,19). The van der Waals surface area contributed by atoms with Crippen molar-refractivity contribution in [3.63, 3.8) is 0 Å². The molecule has 1 aromatic carbocycles. The lowest BCUT2D eigenvalue weighted by Gasteiger charge is -2.11. The number of benzene rings is 1. The fraction of sp³-hybridized carbons (Fsp3) is 0.133. The molecule has 0 aliphatic carbocycles. The van der Waals surface area contributed by atoms with Crippen molar-refractivity contribution in [1.29, 1.82) is 0 Å². The predicted molar refractivity (Wildman–Crippen MR) is 75.5 cm³/mol. The van der Waals surface area contributed by atoms with Gasteiger partial charge in [0.1, 0.15) is 18.0 Å². The van der Waals surface area contributed by atoms with Crippen LogP contribution < -0.4 is 10.1 Å². The van der Waals surface area contributed by atoms with E-state index < -0.39 is 0 Å². The molecule has 0 atom stereocenters. The highest BCUT2D eigenvalue weighted by molar-refractivity contribution is 5.92. The third kappa shape index (κ3) is 2.66. The second kappa shape index (κ2) is 5.52. The molecule has 2 aromatic rings. The van der Waals surface area contributed by atoms with Crippen molar-refractivity contribution in [2.45, 2.75) is 6.54 Å². The minimum atomic E-state index is -0.227. The first kappa shape index (κ1) is 12.3. The van der Waals surface area contributed by atoms with Crippen LogP contribution in [0, 0.1) is 0 Å². The summed E-state index contributed by atoms with van der Waals surface area (Å²) in [7, 11) is 0. The Morgan fingerprint density at radius 2 is 2.05 bits per heavy atom. The van der Waals surface area contributed by atoms with E-state index in [9.17, 15) is 4.79 Å². The van der Waals surface area contributed by atoms with Crippen molar-refractivity contribution >= 4 is 17.8 Å². The first-order valence-corrected chi connectivity index (χ1v) is 6.31. The molecule has 0 bridgehead atoms. The van der Waals surface area contributed by atoms with E-state index in [4.69, 9.17) is 4.74 Å². The summed E-state index contributed by atoms with van der Waals surface area (Å²) in [5, 5.41) is 2.83. The number of carbonyl (C=O) groups is 1. The van der Waals surface area contributed by atoms with Crippen LogP contribution in [0.25, 0.3) is 0 Å². The number of pyridine rings is 1. The molecule has 0 spiro atoms. The SMILES string of the molecule is O=C(NCc1ccccc1)c1ccc2c(n1)OCC=N2. The van der Waals surface area contributed by atoms with E-state index in [-0.39, 0.29) is 5.91 Å². The van der Waals surface area contributed by atoms with Crippen LogP contribution in [0.15, 0.2) is 47.5 Å². The van der Waals surface area contributed by atoms with Gasteiger partial charge in [0.05, 0.1) is 0 Å². The highest BCUT2D eigenvalue weighted by atomic mass is 16.5. The Kier molecular flexibility index (Phi) is 3.41. The first-order chi connectivity index (χ1) is 9.83. The number of nitrogens with zero attached hydrogens (tertiary/aromatic N) is 2. The van der Waals surface area contributed by atoms with Crippen molar-refractivity contribution in [2.75, 3.05) is 6.61 Å². The highest BCUT2D eigenvalue weighted by Gasteiger charge is 2.13. The molecular weight excluding hydrogens is 254 g/mol. The maximum absolute atomic E-state index is 12.0. The van der Waals surface area contributed by atoms with Crippen LogP contribution in [0.1, 0.15) is 16.1 Å². The van der Waals surface area contributed by atoms with Crippen molar-refractivity contribution in [3.8, 4) is 5.88 Å². The number of carbonyl (C=O) groups excluding carboxylic acids is 1. The number of rotatable bonds is 3. The van der Waals surface area contributed by atoms with Crippen LogP contribution in [0.3, 0.4) is 0 Å². The van der Waals surface area contributed by atoms with Gasteiger partial charge in [-0.05, 0) is 17.7 Å². The third-order valence-electron chi connectivity index (χ3n) is 2.89. The average Bonchev–Trinajstić information content (AvgIpc) is 2.53. The summed E-state index contributed by atoms with van der Waals surface area (Å²) in [5.41, 5.74) is 2.02. The van der Waals surface area contributed by atoms with Gasteiger partial charge >= 0.3 is 0 Å². The monoisotopic (exact) mass is 267 g/mol. The Balaban J connectivity index is 1.70. The van der Waals surface area contributed by atoms with Gasteiger partial charge in [0, 0.05) is 12.8 Å². The van der Waals surface area contributed by atoms with Gasteiger partial charge in [-0.25, -0.2) is 4.98 Å². The van der Waals surface area contributed by atoms with Gasteiger partial charge in [-0.1, -0.05) is 30.3 Å². The van der Waals surface area contributed by atoms with E-state index in [0.717, 1.165) is 5.56 Å². The van der Waals surface area contributed by atoms with Gasteiger partial charge in [-0.15, -0.1) is 0 Å². The zero-order valence-electron chi connectivity index (χ0n) is 10.7. The number of hydrogen-bond donors (Lipinski definition) is 1. The number of amides is 1. The normalized spacial score (nSPS) is 12.4. The fourth-order valence-corrected chi connectivity index (χ4v) is 1.88. The molecule has 0 radical (unpaired) electrons. The molecule has 1 N–H and O–H groups in total. The van der Waals surface area contributed by atoms with Crippen molar-refractivity contribution in [3.05, 3.63) is 53.7 Å². The molecule has 5 heteroatoms. The zero-order valence-corrected chi connectivity index (χ0v) is 10.7. The van der Waals surface area contributed by atoms with Gasteiger partial charge in [0.25, 0.3) is 5.91 Å². The molecule has 1 aliphatic rings. The molecule has 1 amide bonds. The summed E-state index contributed by atoms with van der Waals surface area (Å²) in [6, 6.07) is 13.1. The Morgan fingerprint density at radius 3 is 2.90 bits per heavy atom. The largest absolute Gasteiger partial charge is 0.470 e. The summed E-state index contributed by atoms with van der Waals surface area (Å²) in [6.07, 6.45) is 1.67. The van der Waals surface area contributed by atoms with Crippen LogP contribution in [0.4, 0.5) is 5.69 Å². The summed E-state index contributed by atoms with van der Waals surface area (Å²) in [6.45, 7) is 0.854. The zero-order chi connectivity index (χ0) is 13.8. The maximum Gasteiger partial charge on any atom is 0.270 e. The average molecular weight is 267 g/mol. The molecule has 0 saturated heterocycles. The van der Waals surface area contributed by atoms with Crippen molar-refractivity contribution < 1.29 is 9.53 Å². The van der Waals surface area contributed by atoms with Crippen molar-refractivity contribution in [2.24, 2.45) is 4.99 Å². The topological polar surface area (TPSA) is 63.6 Å². The second-order valence-electron chi connectivity index (χ2n) is 4.31. The van der Waals surface area contributed by atoms with E-state index in [2.05, 4.69) is 15.3 Å². The van der Waals surface area contributed by atoms with Crippen LogP contribution in [0.2, 0.25) is 0 Å². The van der Waals surface area contributed by atoms with Gasteiger partial charge in [-0.2, -0.15) is 0 Å². The lowest BCUT2D eigenvalue weighted by molar-refractivity contribution is 0.0945. The smallest absolute Gasteiger partial charge is 0.270 e. The summed E-state index contributed by atoms with van der Waals surface area (Å²) in [4.78, 5) is 20.4. The molecule has 1 aliphatic heterocycles. The number of ether oxygens (including phenoxy) is 1. The highest BCUT2D eigenvalue weighted by Crippen LogP contribution is 2.26. The molecule has 1 aromatic heterocycles. The van der Waals surface area contributed by atoms with Gasteiger partial charge in [0.2, 0.25) is 5.88 Å². The first-order valence-electron chi connectivity index (χ1n) is 6.31. The predicted octanol–water partition coefficient (Wildman–Crippen LogP) is 2.11. The van der Waals surface area contributed by atoms with E-state index in [0.29, 0.717) is 30.4 Å². The lowest BCUT2D eigenvalue weighted by Crippen LogP contribution is -2.24. The molecule has 5 nitrogen and oxygen atoms in total. The molecule has 0 unspecified atom stereocenters. The van der Waals surface area contributed by atoms with Crippen molar-refractivity contribution in [1.82, 2.24) is 10.3 Å². The molecule has 0 fully saturated rings. The molecule has 100 valence electrons. The quantitative estimate of drug-likeness (QED) is 0.926. The minimum absolute atomic E-state index is 0.227. The number of nitrogens with one attached hydrogen (secondary N) is 1. The second-order valence-corrected chi connectivity index (χ2v) is 4.31. The number of aromatic nitrogens is 1.